The first kappa shape index (κ1) is 17.2. The summed E-state index contributed by atoms with van der Waals surface area (Å²) in [6.07, 6.45) is 1.74. The highest BCUT2D eigenvalue weighted by molar-refractivity contribution is 6.30. The van der Waals surface area contributed by atoms with Gasteiger partial charge >= 0.3 is 0 Å². The lowest BCUT2D eigenvalue weighted by atomic mass is 10.1. The smallest absolute Gasteiger partial charge is 0.279 e. The molecule has 27 heavy (non-hydrogen) atoms. The third-order valence-corrected chi connectivity index (χ3v) is 4.72. The van der Waals surface area contributed by atoms with Gasteiger partial charge < -0.3 is 4.74 Å². The van der Waals surface area contributed by atoms with Crippen LogP contribution in [0.25, 0.3) is 29.1 Å². The van der Waals surface area contributed by atoms with E-state index in [-0.39, 0.29) is 5.56 Å². The minimum absolute atomic E-state index is 0.183. The van der Waals surface area contributed by atoms with Crippen LogP contribution in [0.4, 0.5) is 0 Å². The van der Waals surface area contributed by atoms with Crippen molar-refractivity contribution in [1.82, 2.24) is 9.78 Å². The molecule has 0 aliphatic carbocycles. The van der Waals surface area contributed by atoms with Crippen molar-refractivity contribution in [2.24, 2.45) is 0 Å². The van der Waals surface area contributed by atoms with Crippen molar-refractivity contribution < 1.29 is 4.74 Å². The van der Waals surface area contributed by atoms with Crippen molar-refractivity contribution in [3.05, 3.63) is 92.2 Å². The topological polar surface area (TPSA) is 47.0 Å². The average Bonchev–Trinajstić information content (AvgIpc) is 2.96. The number of fused-ring (bicyclic) bond motifs is 1. The van der Waals surface area contributed by atoms with Gasteiger partial charge in [0.15, 0.2) is 0 Å². The molecule has 0 radical (unpaired) electrons. The number of nitrogens with zero attached hydrogens (tertiary/aromatic N) is 1. The molecule has 134 valence electrons. The molecule has 0 amide bonds. The number of aromatic amines is 1. The third-order valence-electron chi connectivity index (χ3n) is 4.49. The first-order valence-corrected chi connectivity index (χ1v) is 8.79. The number of ether oxygens (including phenoxy) is 1. The fraction of sp³-hybridized carbons (Fsp3) is 0.0455. The second kappa shape index (κ2) is 6.82. The number of hydrogen-bond acceptors (Lipinski definition) is 2. The van der Waals surface area contributed by atoms with Gasteiger partial charge in [0.05, 0.1) is 23.4 Å². The Morgan fingerprint density at radius 2 is 1.85 bits per heavy atom. The maximum absolute atomic E-state index is 13.0. The molecule has 0 aliphatic rings. The molecular weight excluding hydrogens is 360 g/mol. The summed E-state index contributed by atoms with van der Waals surface area (Å²) in [5.74, 6) is 0.636. The van der Waals surface area contributed by atoms with Crippen LogP contribution in [-0.4, -0.2) is 16.9 Å². The minimum Gasteiger partial charge on any atom is -0.496 e. The molecule has 1 heterocycles. The van der Waals surface area contributed by atoms with E-state index < -0.39 is 0 Å². The number of halogens is 1. The molecule has 0 saturated heterocycles. The Labute approximate surface area is 160 Å². The summed E-state index contributed by atoms with van der Waals surface area (Å²) in [4.78, 5) is 13.0. The highest BCUT2D eigenvalue weighted by Gasteiger charge is 2.08. The first-order chi connectivity index (χ1) is 13.1. The van der Waals surface area contributed by atoms with Gasteiger partial charge in [0.1, 0.15) is 5.75 Å². The molecule has 0 fully saturated rings. The number of hydrogen-bond donors (Lipinski definition) is 1. The maximum atomic E-state index is 13.0. The minimum atomic E-state index is -0.183. The van der Waals surface area contributed by atoms with Gasteiger partial charge in [-0.1, -0.05) is 48.5 Å². The molecule has 0 aliphatic heterocycles. The Kier molecular flexibility index (Phi) is 4.34. The predicted octanol–water partition coefficient (Wildman–Crippen LogP) is 3.22. The molecule has 0 spiro atoms. The zero-order valence-electron chi connectivity index (χ0n) is 14.7. The van der Waals surface area contributed by atoms with Gasteiger partial charge in [-0.25, -0.2) is 4.68 Å². The molecular formula is C22H17ClN2O2. The normalized spacial score (nSPS) is 11.9. The van der Waals surface area contributed by atoms with E-state index in [1.165, 1.54) is 4.68 Å². The van der Waals surface area contributed by atoms with Crippen LogP contribution in [0.2, 0.25) is 5.02 Å². The molecule has 0 atom stereocenters. The van der Waals surface area contributed by atoms with Gasteiger partial charge in [-0.05, 0) is 47.2 Å². The highest BCUT2D eigenvalue weighted by atomic mass is 35.5. The van der Waals surface area contributed by atoms with Gasteiger partial charge in [-0.2, -0.15) is 0 Å². The second-order valence-corrected chi connectivity index (χ2v) is 6.64. The maximum Gasteiger partial charge on any atom is 0.279 e. The summed E-state index contributed by atoms with van der Waals surface area (Å²) in [5, 5.41) is 6.78. The SMILES string of the molecule is C=c1[nH]n(-c2ccc3ccccc3c2)c(=O)/c1=C/c1cc(Cl)ccc1OC. The van der Waals surface area contributed by atoms with Crippen LogP contribution < -0.4 is 20.9 Å². The van der Waals surface area contributed by atoms with Crippen molar-refractivity contribution in [2.45, 2.75) is 0 Å². The van der Waals surface area contributed by atoms with Gasteiger partial charge in [-0.3, -0.25) is 9.89 Å². The van der Waals surface area contributed by atoms with Crippen molar-refractivity contribution in [3.63, 3.8) is 0 Å². The lowest BCUT2D eigenvalue weighted by molar-refractivity contribution is 0.414. The van der Waals surface area contributed by atoms with E-state index in [1.807, 2.05) is 42.5 Å². The zero-order chi connectivity index (χ0) is 19.0. The molecule has 1 aromatic heterocycles. The summed E-state index contributed by atoms with van der Waals surface area (Å²) < 4.78 is 6.86. The third kappa shape index (κ3) is 3.15. The fourth-order valence-corrected chi connectivity index (χ4v) is 3.30. The molecule has 3 aromatic carbocycles. The average molecular weight is 377 g/mol. The van der Waals surface area contributed by atoms with Crippen LogP contribution in [0.15, 0.2) is 65.5 Å². The Hall–Kier alpha value is -3.24. The lowest BCUT2D eigenvalue weighted by Crippen LogP contribution is -2.34. The van der Waals surface area contributed by atoms with E-state index in [4.69, 9.17) is 16.3 Å². The Morgan fingerprint density at radius 3 is 2.63 bits per heavy atom. The van der Waals surface area contributed by atoms with Crippen LogP contribution in [-0.2, 0) is 0 Å². The van der Waals surface area contributed by atoms with Crippen molar-refractivity contribution >= 4 is 35.0 Å². The summed E-state index contributed by atoms with van der Waals surface area (Å²) in [6.45, 7) is 3.98. The molecule has 1 N–H and O–H groups in total. The van der Waals surface area contributed by atoms with Gasteiger partial charge in [0.2, 0.25) is 0 Å². The number of rotatable bonds is 3. The quantitative estimate of drug-likeness (QED) is 0.596. The number of benzene rings is 3. The van der Waals surface area contributed by atoms with E-state index in [0.717, 1.165) is 22.0 Å². The van der Waals surface area contributed by atoms with Crippen molar-refractivity contribution in [1.29, 1.82) is 0 Å². The van der Waals surface area contributed by atoms with Crippen LogP contribution in [0.3, 0.4) is 0 Å². The predicted molar refractivity (Wildman–Crippen MR) is 110 cm³/mol. The van der Waals surface area contributed by atoms with Crippen LogP contribution in [0.5, 0.6) is 5.75 Å². The van der Waals surface area contributed by atoms with Crippen LogP contribution in [0.1, 0.15) is 5.56 Å². The molecule has 0 saturated carbocycles. The Bertz CT molecular complexity index is 1320. The van der Waals surface area contributed by atoms with Crippen LogP contribution in [0, 0.1) is 0 Å². The largest absolute Gasteiger partial charge is 0.496 e. The number of methoxy groups -OCH3 is 1. The molecule has 0 unspecified atom stereocenters. The molecule has 4 nitrogen and oxygen atoms in total. The van der Waals surface area contributed by atoms with Gasteiger partial charge in [-0.15, -0.1) is 0 Å². The Balaban J connectivity index is 1.91. The molecule has 4 rings (SSSR count). The Morgan fingerprint density at radius 1 is 1.07 bits per heavy atom. The first-order valence-electron chi connectivity index (χ1n) is 8.41. The van der Waals surface area contributed by atoms with E-state index in [9.17, 15) is 4.79 Å². The van der Waals surface area contributed by atoms with Crippen molar-refractivity contribution in [2.75, 3.05) is 7.11 Å². The van der Waals surface area contributed by atoms with Crippen LogP contribution >= 0.6 is 11.6 Å². The standard InChI is InChI=1S/C22H17ClN2O2/c1-14-20(13-17-11-18(23)8-10-21(17)27-2)22(26)25(24-14)19-9-7-15-5-3-4-6-16(15)12-19/h3-13,24H,1H2,2H3/b20-13+. The molecule has 4 aromatic rings. The number of H-pyrrole nitrogens is 1. The second-order valence-electron chi connectivity index (χ2n) is 6.21. The summed E-state index contributed by atoms with van der Waals surface area (Å²) in [6, 6.07) is 19.1. The van der Waals surface area contributed by atoms with E-state index >= 15 is 0 Å². The van der Waals surface area contributed by atoms with Gasteiger partial charge in [0, 0.05) is 10.6 Å². The van der Waals surface area contributed by atoms with E-state index in [2.05, 4.69) is 11.7 Å². The van der Waals surface area contributed by atoms with E-state index in [1.54, 1.807) is 31.4 Å². The summed E-state index contributed by atoms with van der Waals surface area (Å²) >= 11 is 6.09. The summed E-state index contributed by atoms with van der Waals surface area (Å²) in [7, 11) is 1.58. The lowest BCUT2D eigenvalue weighted by Gasteiger charge is -2.04. The molecule has 5 heteroatoms. The highest BCUT2D eigenvalue weighted by Crippen LogP contribution is 2.23. The van der Waals surface area contributed by atoms with Gasteiger partial charge in [0.25, 0.3) is 5.56 Å². The van der Waals surface area contributed by atoms with Crippen molar-refractivity contribution in [3.8, 4) is 11.4 Å². The zero-order valence-corrected chi connectivity index (χ0v) is 15.5. The monoisotopic (exact) mass is 376 g/mol. The van der Waals surface area contributed by atoms with E-state index in [0.29, 0.717) is 21.3 Å². The molecule has 0 bridgehead atoms. The summed E-state index contributed by atoms with van der Waals surface area (Å²) in [5.41, 5.74) is 1.29. The number of aromatic nitrogens is 2. The number of nitrogens with one attached hydrogen (secondary N) is 1. The fourth-order valence-electron chi connectivity index (χ4n) is 3.12.